The van der Waals surface area contributed by atoms with Crippen LogP contribution in [0.25, 0.3) is 4.96 Å². The van der Waals surface area contributed by atoms with Crippen LogP contribution in [0.1, 0.15) is 33.4 Å². The van der Waals surface area contributed by atoms with Crippen molar-refractivity contribution in [3.8, 4) is 5.75 Å². The van der Waals surface area contributed by atoms with E-state index in [0.29, 0.717) is 27.3 Å². The number of hydrogen-bond donors (Lipinski definition) is 1. The van der Waals surface area contributed by atoms with Gasteiger partial charge in [0.2, 0.25) is 10.9 Å². The van der Waals surface area contributed by atoms with E-state index >= 15 is 0 Å². The molecule has 3 rings (SSSR count). The van der Waals surface area contributed by atoms with Gasteiger partial charge in [0.25, 0.3) is 5.56 Å². The summed E-state index contributed by atoms with van der Waals surface area (Å²) in [4.78, 5) is 25.1. The fraction of sp³-hybridized carbons (Fsp3) is 0.389. The molecule has 0 bridgehead atoms. The van der Waals surface area contributed by atoms with Crippen LogP contribution >= 0.6 is 23.1 Å². The number of thioether (sulfide) groups is 1. The minimum absolute atomic E-state index is 0.165. The lowest BCUT2D eigenvalue weighted by molar-refractivity contribution is -0.113. The zero-order valence-corrected chi connectivity index (χ0v) is 17.7. The predicted molar refractivity (Wildman–Crippen MR) is 111 cm³/mol. The Hall–Kier alpha value is -2.46. The molecule has 0 aliphatic carbocycles. The van der Waals surface area contributed by atoms with Crippen LogP contribution in [0.2, 0.25) is 0 Å². The van der Waals surface area contributed by atoms with Gasteiger partial charge in [-0.3, -0.25) is 9.59 Å². The van der Waals surface area contributed by atoms with Crippen LogP contribution in [0, 0.1) is 0 Å². The van der Waals surface area contributed by atoms with Gasteiger partial charge in [-0.2, -0.15) is 4.52 Å². The molecule has 148 valence electrons. The molecular formula is C18H21N5O3S2. The lowest BCUT2D eigenvalue weighted by Crippen LogP contribution is -2.30. The van der Waals surface area contributed by atoms with Crippen molar-refractivity contribution in [2.75, 3.05) is 17.7 Å². The van der Waals surface area contributed by atoms with Gasteiger partial charge < -0.3 is 10.1 Å². The summed E-state index contributed by atoms with van der Waals surface area (Å²) >= 11 is 2.48. The summed E-state index contributed by atoms with van der Waals surface area (Å²) in [5, 5.41) is 15.2. The largest absolute Gasteiger partial charge is 0.494 e. The summed E-state index contributed by atoms with van der Waals surface area (Å²) < 4.78 is 7.21. The number of rotatable bonds is 6. The number of fused-ring (bicyclic) bond motifs is 1. The van der Waals surface area contributed by atoms with Crippen LogP contribution in [0.3, 0.4) is 0 Å². The highest BCUT2D eigenvalue weighted by Gasteiger charge is 2.23. The fourth-order valence-corrected chi connectivity index (χ4v) is 4.02. The number of nitrogens with zero attached hydrogens (tertiary/aromatic N) is 4. The zero-order valence-electron chi connectivity index (χ0n) is 16.1. The van der Waals surface area contributed by atoms with Gasteiger partial charge in [0.1, 0.15) is 11.4 Å². The van der Waals surface area contributed by atoms with Crippen LogP contribution in [-0.2, 0) is 10.2 Å². The second kappa shape index (κ2) is 8.27. The number of anilines is 1. The first-order chi connectivity index (χ1) is 13.3. The average molecular weight is 420 g/mol. The third kappa shape index (κ3) is 4.68. The molecule has 1 amide bonds. The Bertz CT molecular complexity index is 1040. The van der Waals surface area contributed by atoms with Crippen molar-refractivity contribution in [3.05, 3.63) is 40.3 Å². The monoisotopic (exact) mass is 419 g/mol. The molecule has 1 aromatic carbocycles. The van der Waals surface area contributed by atoms with Gasteiger partial charge in [0, 0.05) is 11.1 Å². The Morgan fingerprint density at radius 3 is 2.61 bits per heavy atom. The van der Waals surface area contributed by atoms with Crippen LogP contribution in [-0.4, -0.2) is 38.1 Å². The Morgan fingerprint density at radius 2 is 1.96 bits per heavy atom. The number of hydrogen-bond acceptors (Lipinski definition) is 8. The van der Waals surface area contributed by atoms with E-state index in [1.807, 2.05) is 27.7 Å². The molecule has 0 unspecified atom stereocenters. The first-order valence-electron chi connectivity index (χ1n) is 8.70. The molecule has 3 aromatic rings. The minimum Gasteiger partial charge on any atom is -0.494 e. The van der Waals surface area contributed by atoms with Crippen molar-refractivity contribution in [2.45, 2.75) is 37.4 Å². The minimum atomic E-state index is -0.417. The number of nitrogens with one attached hydrogen (secondary N) is 1. The Balaban J connectivity index is 1.65. The summed E-state index contributed by atoms with van der Waals surface area (Å²) in [5.41, 5.74) is 0.356. The van der Waals surface area contributed by atoms with E-state index in [0.717, 1.165) is 5.75 Å². The van der Waals surface area contributed by atoms with Gasteiger partial charge in [-0.05, 0) is 31.2 Å². The van der Waals surface area contributed by atoms with Crippen LogP contribution in [0.4, 0.5) is 5.69 Å². The number of carbonyl (C=O) groups excluding carboxylic acids is 1. The number of ether oxygens (including phenoxy) is 1. The highest BCUT2D eigenvalue weighted by Crippen LogP contribution is 2.24. The maximum atomic E-state index is 12.5. The molecule has 0 saturated heterocycles. The lowest BCUT2D eigenvalue weighted by atomic mass is 9.93. The van der Waals surface area contributed by atoms with Gasteiger partial charge in [-0.1, -0.05) is 43.9 Å². The SMILES string of the molecule is CCOc1ccc(NC(=O)CSc2nn3c(=O)c(C(C)(C)C)nnc3s2)cc1. The Kier molecular flexibility index (Phi) is 5.99. The molecule has 0 atom stereocenters. The first-order valence-corrected chi connectivity index (χ1v) is 10.5. The summed E-state index contributed by atoms with van der Waals surface area (Å²) in [6.45, 7) is 8.21. The van der Waals surface area contributed by atoms with Crippen LogP contribution in [0.15, 0.2) is 33.4 Å². The Morgan fingerprint density at radius 1 is 1.25 bits per heavy atom. The average Bonchev–Trinajstić information content (AvgIpc) is 3.05. The summed E-state index contributed by atoms with van der Waals surface area (Å²) in [5.74, 6) is 0.759. The zero-order chi connectivity index (χ0) is 20.3. The normalized spacial score (nSPS) is 11.6. The third-order valence-corrected chi connectivity index (χ3v) is 5.69. The summed E-state index contributed by atoms with van der Waals surface area (Å²) in [6, 6.07) is 7.18. The lowest BCUT2D eigenvalue weighted by Gasteiger charge is -2.14. The predicted octanol–water partition coefficient (Wildman–Crippen LogP) is 2.97. The summed E-state index contributed by atoms with van der Waals surface area (Å²) in [6.07, 6.45) is 0. The fourth-order valence-electron chi connectivity index (χ4n) is 2.35. The van der Waals surface area contributed by atoms with Crippen molar-refractivity contribution in [2.24, 2.45) is 0 Å². The molecule has 8 nitrogen and oxygen atoms in total. The second-order valence-corrected chi connectivity index (χ2v) is 9.14. The first kappa shape index (κ1) is 20.3. The second-order valence-electron chi connectivity index (χ2n) is 6.96. The molecule has 0 radical (unpaired) electrons. The number of aromatic nitrogens is 4. The van der Waals surface area contributed by atoms with E-state index in [-0.39, 0.29) is 17.2 Å². The molecule has 0 aliphatic rings. The van der Waals surface area contributed by atoms with E-state index in [1.165, 1.54) is 27.6 Å². The standard InChI is InChI=1S/C18H21N5O3S2/c1-5-26-12-8-6-11(7-9-12)19-13(24)10-27-17-22-23-15(25)14(18(2,3)4)20-21-16(23)28-17/h6-9H,5,10H2,1-4H3,(H,19,24). The molecule has 28 heavy (non-hydrogen) atoms. The van der Waals surface area contributed by atoms with Gasteiger partial charge in [-0.25, -0.2) is 0 Å². The summed E-state index contributed by atoms with van der Waals surface area (Å²) in [7, 11) is 0. The molecule has 2 aromatic heterocycles. The molecule has 0 saturated carbocycles. The molecular weight excluding hydrogens is 398 g/mol. The third-order valence-electron chi connectivity index (χ3n) is 3.66. The van der Waals surface area contributed by atoms with E-state index in [4.69, 9.17) is 4.74 Å². The van der Waals surface area contributed by atoms with Crippen molar-refractivity contribution < 1.29 is 9.53 Å². The van der Waals surface area contributed by atoms with Crippen molar-refractivity contribution in [1.29, 1.82) is 0 Å². The number of benzene rings is 1. The molecule has 10 heteroatoms. The van der Waals surface area contributed by atoms with Gasteiger partial charge >= 0.3 is 0 Å². The topological polar surface area (TPSA) is 98.5 Å². The molecule has 1 N–H and O–H groups in total. The van der Waals surface area contributed by atoms with Crippen LogP contribution in [0.5, 0.6) is 5.75 Å². The molecule has 0 fully saturated rings. The maximum absolute atomic E-state index is 12.5. The van der Waals surface area contributed by atoms with Crippen molar-refractivity contribution >= 4 is 39.7 Å². The van der Waals surface area contributed by atoms with Gasteiger partial charge in [0.05, 0.1) is 12.4 Å². The highest BCUT2D eigenvalue weighted by atomic mass is 32.2. The smallest absolute Gasteiger partial charge is 0.297 e. The van der Waals surface area contributed by atoms with Crippen molar-refractivity contribution in [3.63, 3.8) is 0 Å². The maximum Gasteiger partial charge on any atom is 0.297 e. The quantitative estimate of drug-likeness (QED) is 0.613. The Labute approximate surface area is 170 Å². The highest BCUT2D eigenvalue weighted by molar-refractivity contribution is 8.01. The van der Waals surface area contributed by atoms with Gasteiger partial charge in [0.15, 0.2) is 4.34 Å². The van der Waals surface area contributed by atoms with E-state index in [2.05, 4.69) is 20.6 Å². The molecule has 0 aliphatic heterocycles. The number of amides is 1. The van der Waals surface area contributed by atoms with E-state index < -0.39 is 5.41 Å². The van der Waals surface area contributed by atoms with E-state index in [9.17, 15) is 9.59 Å². The molecule has 0 spiro atoms. The number of carbonyl (C=O) groups is 1. The van der Waals surface area contributed by atoms with E-state index in [1.54, 1.807) is 24.3 Å². The van der Waals surface area contributed by atoms with Crippen LogP contribution < -0.4 is 15.6 Å². The van der Waals surface area contributed by atoms with Gasteiger partial charge in [-0.15, -0.1) is 15.3 Å². The van der Waals surface area contributed by atoms with Crippen molar-refractivity contribution in [1.82, 2.24) is 19.8 Å². The molecule has 2 heterocycles.